The van der Waals surface area contributed by atoms with Crippen LogP contribution in [-0.4, -0.2) is 57.7 Å². The Morgan fingerprint density at radius 2 is 1.87 bits per heavy atom. The molecule has 3 N–H and O–H groups in total. The molecule has 3 aromatic carbocycles. The van der Waals surface area contributed by atoms with Gasteiger partial charge in [-0.1, -0.05) is 50.2 Å². The van der Waals surface area contributed by atoms with Crippen LogP contribution in [0.5, 0.6) is 5.75 Å². The van der Waals surface area contributed by atoms with E-state index in [2.05, 4.69) is 72.5 Å². The minimum atomic E-state index is -0.473. The van der Waals surface area contributed by atoms with Crippen LogP contribution < -0.4 is 15.4 Å². The summed E-state index contributed by atoms with van der Waals surface area (Å²) in [6.45, 7) is 4.28. The Morgan fingerprint density at radius 1 is 1.09 bits per heavy atom. The van der Waals surface area contributed by atoms with E-state index in [1.807, 2.05) is 42.5 Å². The molecule has 5 unspecified atom stereocenters. The van der Waals surface area contributed by atoms with Crippen molar-refractivity contribution in [3.8, 4) is 16.9 Å². The minimum Gasteiger partial charge on any atom is -0.496 e. The maximum Gasteiger partial charge on any atom is 0.411 e. The van der Waals surface area contributed by atoms with Crippen molar-refractivity contribution < 1.29 is 28.9 Å². The molecule has 3 saturated heterocycles. The highest BCUT2D eigenvalue weighted by Crippen LogP contribution is 2.57. The Morgan fingerprint density at radius 3 is 2.60 bits per heavy atom. The molecular formula is C34H37BrIN3O6. The Kier molecular flexibility index (Phi) is 9.45. The third-order valence-electron chi connectivity index (χ3n) is 9.02. The Balaban J connectivity index is 1.11. The molecule has 0 aliphatic carbocycles. The van der Waals surface area contributed by atoms with E-state index in [1.165, 1.54) is 7.11 Å². The summed E-state index contributed by atoms with van der Waals surface area (Å²) in [4.78, 5) is 26.1. The van der Waals surface area contributed by atoms with E-state index < -0.39 is 6.09 Å². The molecule has 0 aromatic heterocycles. The molecule has 2 amide bonds. The van der Waals surface area contributed by atoms with Crippen LogP contribution in [0.1, 0.15) is 44.2 Å². The van der Waals surface area contributed by atoms with E-state index in [0.717, 1.165) is 23.1 Å². The van der Waals surface area contributed by atoms with Gasteiger partial charge in [0, 0.05) is 51.0 Å². The van der Waals surface area contributed by atoms with Gasteiger partial charge in [-0.3, -0.25) is 10.1 Å². The molecule has 2 bridgehead atoms. The van der Waals surface area contributed by atoms with Gasteiger partial charge in [-0.05, 0) is 69.9 Å². The average molecular weight is 790 g/mol. The predicted octanol–water partition coefficient (Wildman–Crippen LogP) is 7.10. The van der Waals surface area contributed by atoms with Gasteiger partial charge < -0.3 is 24.6 Å². The monoisotopic (exact) mass is 789 g/mol. The van der Waals surface area contributed by atoms with Crippen LogP contribution in [-0.2, 0) is 27.3 Å². The summed E-state index contributed by atoms with van der Waals surface area (Å²) >= 11 is 5.83. The van der Waals surface area contributed by atoms with Gasteiger partial charge >= 0.3 is 6.09 Å². The van der Waals surface area contributed by atoms with Gasteiger partial charge in [0.15, 0.2) is 0 Å². The minimum absolute atomic E-state index is 0.0276. The van der Waals surface area contributed by atoms with Crippen LogP contribution in [0.2, 0.25) is 0 Å². The molecule has 9 nitrogen and oxygen atoms in total. The summed E-state index contributed by atoms with van der Waals surface area (Å²) in [5, 5.41) is 15.5. The van der Waals surface area contributed by atoms with Crippen molar-refractivity contribution in [2.45, 2.75) is 76.5 Å². The first kappa shape index (κ1) is 32.2. The summed E-state index contributed by atoms with van der Waals surface area (Å²) in [6.07, 6.45) is 2.06. The number of piperidine rings is 1. The number of hydrogen-bond donors (Lipinski definition) is 3. The second-order valence-corrected chi connectivity index (χ2v) is 14.5. The Labute approximate surface area is 285 Å². The van der Waals surface area contributed by atoms with Crippen molar-refractivity contribution in [2.24, 2.45) is 5.41 Å². The molecule has 3 aliphatic heterocycles. The molecule has 238 valence electrons. The highest BCUT2D eigenvalue weighted by molar-refractivity contribution is 14.1. The molecule has 3 aromatic rings. The number of morpholine rings is 1. The summed E-state index contributed by atoms with van der Waals surface area (Å²) in [6, 6.07) is 19.7. The van der Waals surface area contributed by atoms with E-state index in [-0.39, 0.29) is 42.3 Å². The lowest BCUT2D eigenvalue weighted by Crippen LogP contribution is -2.56. The van der Waals surface area contributed by atoms with Crippen molar-refractivity contribution in [1.82, 2.24) is 3.11 Å². The lowest BCUT2D eigenvalue weighted by atomic mass is 9.77. The number of aliphatic hydroxyl groups is 1. The van der Waals surface area contributed by atoms with Crippen molar-refractivity contribution in [3.05, 3.63) is 76.3 Å². The molecule has 0 spiro atoms. The smallest absolute Gasteiger partial charge is 0.411 e. The number of benzene rings is 3. The zero-order chi connectivity index (χ0) is 31.9. The van der Waals surface area contributed by atoms with Crippen LogP contribution in [0.15, 0.2) is 65.1 Å². The highest BCUT2D eigenvalue weighted by atomic mass is 127. The van der Waals surface area contributed by atoms with Gasteiger partial charge in [-0.25, -0.2) is 7.91 Å². The molecular weight excluding hydrogens is 753 g/mol. The molecule has 0 saturated carbocycles. The van der Waals surface area contributed by atoms with Gasteiger partial charge in [0.25, 0.3) is 0 Å². The number of ether oxygens (including phenoxy) is 3. The maximum absolute atomic E-state index is 13.3. The number of epoxide rings is 1. The van der Waals surface area contributed by atoms with E-state index >= 15 is 0 Å². The summed E-state index contributed by atoms with van der Waals surface area (Å²) < 4.78 is 20.3. The fraction of sp³-hybridized carbons (Fsp3) is 0.412. The summed E-state index contributed by atoms with van der Waals surface area (Å²) in [7, 11) is 1.53. The average Bonchev–Trinajstić information content (AvgIpc) is 3.72. The van der Waals surface area contributed by atoms with E-state index in [1.54, 1.807) is 12.1 Å². The number of methoxy groups -OCH3 is 1. The van der Waals surface area contributed by atoms with Gasteiger partial charge in [0.1, 0.15) is 24.1 Å². The number of halogens is 2. The molecule has 0 radical (unpaired) electrons. The number of carbonyl (C=O) groups is 2. The fourth-order valence-corrected chi connectivity index (χ4v) is 9.05. The van der Waals surface area contributed by atoms with E-state index in [9.17, 15) is 14.7 Å². The first-order valence-corrected chi connectivity index (χ1v) is 16.9. The fourth-order valence-electron chi connectivity index (χ4n) is 6.81. The number of nitrogens with zero attached hydrogens (tertiary/aromatic N) is 1. The predicted molar refractivity (Wildman–Crippen MR) is 184 cm³/mol. The molecule has 3 heterocycles. The first-order chi connectivity index (χ1) is 21.6. The second-order valence-electron chi connectivity index (χ2n) is 12.6. The number of rotatable bonds is 10. The lowest BCUT2D eigenvalue weighted by molar-refractivity contribution is -0.116. The van der Waals surface area contributed by atoms with Crippen molar-refractivity contribution in [1.29, 1.82) is 0 Å². The molecule has 11 heteroatoms. The van der Waals surface area contributed by atoms with Gasteiger partial charge in [0.2, 0.25) is 5.91 Å². The van der Waals surface area contributed by atoms with Crippen molar-refractivity contribution in [2.75, 3.05) is 17.7 Å². The van der Waals surface area contributed by atoms with Gasteiger partial charge in [0.05, 0.1) is 37.2 Å². The number of fused-ring (bicyclic) bond motifs is 5. The molecule has 3 aliphatic rings. The zero-order valence-electron chi connectivity index (χ0n) is 25.4. The largest absolute Gasteiger partial charge is 0.496 e. The summed E-state index contributed by atoms with van der Waals surface area (Å²) in [5.74, 6) is 0.389. The topological polar surface area (TPSA) is 113 Å². The number of hydrogen-bond acceptors (Lipinski definition) is 7. The zero-order valence-corrected chi connectivity index (χ0v) is 29.1. The number of carbonyl (C=O) groups excluding carboxylic acids is 2. The molecule has 6 rings (SSSR count). The van der Waals surface area contributed by atoms with Crippen LogP contribution in [0.4, 0.5) is 16.2 Å². The van der Waals surface area contributed by atoms with Crippen molar-refractivity contribution >= 4 is 62.2 Å². The van der Waals surface area contributed by atoms with Crippen LogP contribution >= 0.6 is 38.8 Å². The third kappa shape index (κ3) is 6.73. The quantitative estimate of drug-likeness (QED) is 0.114. The van der Waals surface area contributed by atoms with Crippen molar-refractivity contribution in [3.63, 3.8) is 0 Å². The highest BCUT2D eigenvalue weighted by Gasteiger charge is 2.70. The van der Waals surface area contributed by atoms with E-state index in [0.29, 0.717) is 52.5 Å². The molecule has 45 heavy (non-hydrogen) atoms. The van der Waals surface area contributed by atoms with Crippen LogP contribution in [0.25, 0.3) is 11.1 Å². The van der Waals surface area contributed by atoms with Gasteiger partial charge in [-0.2, -0.15) is 0 Å². The number of amides is 2. The number of nitrogens with one attached hydrogen (secondary N) is 2. The Bertz CT molecular complexity index is 1590. The maximum atomic E-state index is 13.3. The normalized spacial score (nSPS) is 24.4. The second kappa shape index (κ2) is 13.2. The molecule has 5 atom stereocenters. The Hall–Kier alpha value is -2.71. The SMILES string of the molecule is COc1cc(NC(=O)CCCc2ccc(NC(=O)OC3CC(C)(C)C4C5OC5C3N4I)c(-c3ccccc3)c2)c(Br)cc1CO. The lowest BCUT2D eigenvalue weighted by Gasteiger charge is -2.46. The van der Waals surface area contributed by atoms with Gasteiger partial charge in [-0.15, -0.1) is 0 Å². The standard InChI is InChI=1S/C34H37BrIN3O6/c1-34(2)17-27(29-30-31(45-30)32(34)39(29)36)44-33(42)38-24-13-12-19(14-22(24)20-9-5-4-6-10-20)8-7-11-28(41)37-25-16-26(43-3)21(18-40)15-23(25)35/h4-6,9-10,12-16,27,29-32,40H,7-8,11,17-18H2,1-3H3,(H,37,41)(H,38,42). The number of anilines is 2. The van der Waals surface area contributed by atoms with Crippen LogP contribution in [0, 0.1) is 5.41 Å². The van der Waals surface area contributed by atoms with E-state index in [4.69, 9.17) is 14.2 Å². The molecule has 3 fully saturated rings. The summed E-state index contributed by atoms with van der Waals surface area (Å²) in [5.41, 5.74) is 4.78. The third-order valence-corrected chi connectivity index (χ3v) is 10.9. The first-order valence-electron chi connectivity index (χ1n) is 15.1. The van der Waals surface area contributed by atoms with Crippen LogP contribution in [0.3, 0.4) is 0 Å². The number of aliphatic hydroxyl groups excluding tert-OH is 1. The number of aryl methyl sites for hydroxylation is 1.